The van der Waals surface area contributed by atoms with Gasteiger partial charge < -0.3 is 5.32 Å². The summed E-state index contributed by atoms with van der Waals surface area (Å²) in [6, 6.07) is 8.34. The van der Waals surface area contributed by atoms with Crippen molar-refractivity contribution in [3.63, 3.8) is 0 Å². The largest absolute Gasteiger partial charge is 0.313 e. The van der Waals surface area contributed by atoms with Crippen molar-refractivity contribution in [1.29, 1.82) is 0 Å². The normalized spacial score (nSPS) is 12.0. The summed E-state index contributed by atoms with van der Waals surface area (Å²) >= 11 is 0. The summed E-state index contributed by atoms with van der Waals surface area (Å²) in [5.74, 6) is 0.124. The highest BCUT2D eigenvalue weighted by Gasteiger charge is 2.09. The van der Waals surface area contributed by atoms with Crippen LogP contribution in [0, 0.1) is 6.92 Å². The second-order valence-electron chi connectivity index (χ2n) is 5.00. The molecule has 0 aromatic heterocycles. The molecule has 19 heavy (non-hydrogen) atoms. The molecule has 1 aromatic rings. The topological polar surface area (TPSA) is 58.2 Å². The first-order chi connectivity index (χ1) is 8.91. The molecule has 0 saturated heterocycles. The van der Waals surface area contributed by atoms with Crippen LogP contribution in [-0.2, 0) is 16.4 Å². The first kappa shape index (κ1) is 16.1. The van der Waals surface area contributed by atoms with Crippen LogP contribution < -0.4 is 10.0 Å². The molecule has 0 saturated carbocycles. The Morgan fingerprint density at radius 1 is 1.16 bits per heavy atom. The SMILES string of the molecule is Cc1ccccc1CCNS(=O)(=O)CCNC(C)C. The van der Waals surface area contributed by atoms with Crippen LogP contribution in [0.1, 0.15) is 25.0 Å². The number of benzene rings is 1. The standard InChI is InChI=1S/C14H24N2O2S/c1-12(2)15-10-11-19(17,18)16-9-8-14-7-5-4-6-13(14)3/h4-7,12,15-16H,8-11H2,1-3H3. The van der Waals surface area contributed by atoms with Gasteiger partial charge in [-0.2, -0.15) is 0 Å². The fourth-order valence-corrected chi connectivity index (χ4v) is 2.73. The summed E-state index contributed by atoms with van der Waals surface area (Å²) in [6.07, 6.45) is 0.726. The molecule has 0 bridgehead atoms. The molecule has 0 heterocycles. The van der Waals surface area contributed by atoms with Crippen molar-refractivity contribution < 1.29 is 8.42 Å². The zero-order valence-corrected chi connectivity index (χ0v) is 12.8. The van der Waals surface area contributed by atoms with E-state index in [0.29, 0.717) is 19.1 Å². The molecule has 4 nitrogen and oxygen atoms in total. The zero-order valence-electron chi connectivity index (χ0n) is 11.9. The molecule has 0 aliphatic rings. The van der Waals surface area contributed by atoms with Gasteiger partial charge in [0.05, 0.1) is 5.75 Å². The van der Waals surface area contributed by atoms with Crippen LogP contribution in [-0.4, -0.2) is 33.3 Å². The maximum absolute atomic E-state index is 11.7. The molecule has 1 aromatic carbocycles. The van der Waals surface area contributed by atoms with E-state index in [0.717, 1.165) is 6.42 Å². The lowest BCUT2D eigenvalue weighted by Gasteiger charge is -2.10. The molecule has 0 amide bonds. The minimum absolute atomic E-state index is 0.124. The lowest BCUT2D eigenvalue weighted by Crippen LogP contribution is -2.35. The Hall–Kier alpha value is -0.910. The minimum atomic E-state index is -3.17. The van der Waals surface area contributed by atoms with Gasteiger partial charge in [-0.05, 0) is 24.5 Å². The van der Waals surface area contributed by atoms with E-state index in [-0.39, 0.29) is 5.75 Å². The van der Waals surface area contributed by atoms with Gasteiger partial charge in [0.15, 0.2) is 0 Å². The predicted molar refractivity (Wildman–Crippen MR) is 79.8 cm³/mol. The summed E-state index contributed by atoms with van der Waals surface area (Å²) in [7, 11) is -3.17. The molecule has 0 spiro atoms. The highest BCUT2D eigenvalue weighted by Crippen LogP contribution is 2.06. The maximum atomic E-state index is 11.7. The third kappa shape index (κ3) is 6.71. The van der Waals surface area contributed by atoms with Gasteiger partial charge in [0.2, 0.25) is 10.0 Å². The van der Waals surface area contributed by atoms with Crippen molar-refractivity contribution in [3.8, 4) is 0 Å². The summed E-state index contributed by atoms with van der Waals surface area (Å²) in [6.45, 7) is 6.97. The van der Waals surface area contributed by atoms with E-state index in [4.69, 9.17) is 0 Å². The Labute approximate surface area is 116 Å². The second-order valence-corrected chi connectivity index (χ2v) is 6.92. The van der Waals surface area contributed by atoms with Crippen LogP contribution in [0.15, 0.2) is 24.3 Å². The smallest absolute Gasteiger partial charge is 0.212 e. The van der Waals surface area contributed by atoms with Gasteiger partial charge in [-0.25, -0.2) is 13.1 Å². The molecular formula is C14H24N2O2S. The number of hydrogen-bond acceptors (Lipinski definition) is 3. The molecular weight excluding hydrogens is 260 g/mol. The van der Waals surface area contributed by atoms with Crippen molar-refractivity contribution in [3.05, 3.63) is 35.4 Å². The van der Waals surface area contributed by atoms with E-state index >= 15 is 0 Å². The van der Waals surface area contributed by atoms with Crippen molar-refractivity contribution in [2.75, 3.05) is 18.8 Å². The lowest BCUT2D eigenvalue weighted by atomic mass is 10.1. The van der Waals surface area contributed by atoms with Crippen LogP contribution in [0.4, 0.5) is 0 Å². The molecule has 0 aliphatic carbocycles. The molecule has 1 rings (SSSR count). The van der Waals surface area contributed by atoms with Crippen LogP contribution in [0.2, 0.25) is 0 Å². The first-order valence-electron chi connectivity index (χ1n) is 6.66. The molecule has 108 valence electrons. The molecule has 0 radical (unpaired) electrons. The van der Waals surface area contributed by atoms with Gasteiger partial charge in [0, 0.05) is 19.1 Å². The number of nitrogens with one attached hydrogen (secondary N) is 2. The number of rotatable bonds is 8. The Morgan fingerprint density at radius 3 is 2.47 bits per heavy atom. The molecule has 5 heteroatoms. The van der Waals surface area contributed by atoms with Crippen LogP contribution in [0.3, 0.4) is 0 Å². The molecule has 2 N–H and O–H groups in total. The third-order valence-corrected chi connectivity index (χ3v) is 4.29. The van der Waals surface area contributed by atoms with E-state index in [1.54, 1.807) is 0 Å². The summed E-state index contributed by atoms with van der Waals surface area (Å²) in [5, 5.41) is 3.10. The summed E-state index contributed by atoms with van der Waals surface area (Å²) in [5.41, 5.74) is 2.38. The molecule has 0 atom stereocenters. The highest BCUT2D eigenvalue weighted by atomic mass is 32.2. The fraction of sp³-hybridized carbons (Fsp3) is 0.571. The maximum Gasteiger partial charge on any atom is 0.212 e. The van der Waals surface area contributed by atoms with Crippen LogP contribution in [0.25, 0.3) is 0 Å². The van der Waals surface area contributed by atoms with Gasteiger partial charge in [-0.15, -0.1) is 0 Å². The van der Waals surface area contributed by atoms with Gasteiger partial charge in [-0.3, -0.25) is 0 Å². The molecule has 0 unspecified atom stereocenters. The van der Waals surface area contributed by atoms with Gasteiger partial charge in [-0.1, -0.05) is 38.1 Å². The Kier molecular flexibility index (Phi) is 6.48. The second kappa shape index (κ2) is 7.62. The Morgan fingerprint density at radius 2 is 1.84 bits per heavy atom. The Balaban J connectivity index is 2.34. The van der Waals surface area contributed by atoms with Crippen LogP contribution in [0.5, 0.6) is 0 Å². The van der Waals surface area contributed by atoms with Gasteiger partial charge in [0.25, 0.3) is 0 Å². The monoisotopic (exact) mass is 284 g/mol. The molecule has 0 aliphatic heterocycles. The quantitative estimate of drug-likeness (QED) is 0.760. The van der Waals surface area contributed by atoms with Crippen LogP contribution >= 0.6 is 0 Å². The Bertz CT molecular complexity index is 484. The van der Waals surface area contributed by atoms with Gasteiger partial charge in [0.1, 0.15) is 0 Å². The van der Waals surface area contributed by atoms with Crippen molar-refractivity contribution in [2.24, 2.45) is 0 Å². The average molecular weight is 284 g/mol. The van der Waals surface area contributed by atoms with E-state index in [9.17, 15) is 8.42 Å². The van der Waals surface area contributed by atoms with Crippen molar-refractivity contribution in [1.82, 2.24) is 10.0 Å². The average Bonchev–Trinajstić information content (AvgIpc) is 2.30. The third-order valence-electron chi connectivity index (χ3n) is 2.90. The summed E-state index contributed by atoms with van der Waals surface area (Å²) < 4.78 is 26.1. The number of sulfonamides is 1. The zero-order chi connectivity index (χ0) is 14.3. The lowest BCUT2D eigenvalue weighted by molar-refractivity contribution is 0.567. The van der Waals surface area contributed by atoms with Crippen molar-refractivity contribution >= 4 is 10.0 Å². The first-order valence-corrected chi connectivity index (χ1v) is 8.31. The fourth-order valence-electron chi connectivity index (χ4n) is 1.79. The van der Waals surface area contributed by atoms with Crippen molar-refractivity contribution in [2.45, 2.75) is 33.2 Å². The minimum Gasteiger partial charge on any atom is -0.313 e. The predicted octanol–water partition coefficient (Wildman–Crippen LogP) is 1.45. The highest BCUT2D eigenvalue weighted by molar-refractivity contribution is 7.89. The number of hydrogen-bond donors (Lipinski definition) is 2. The van der Waals surface area contributed by atoms with E-state index in [1.807, 2.05) is 45.0 Å². The van der Waals surface area contributed by atoms with E-state index in [1.165, 1.54) is 11.1 Å². The molecule has 0 fully saturated rings. The number of aryl methyl sites for hydroxylation is 1. The summed E-state index contributed by atoms with van der Waals surface area (Å²) in [4.78, 5) is 0. The van der Waals surface area contributed by atoms with E-state index in [2.05, 4.69) is 10.0 Å². The van der Waals surface area contributed by atoms with Gasteiger partial charge >= 0.3 is 0 Å². The van der Waals surface area contributed by atoms with E-state index < -0.39 is 10.0 Å².